The van der Waals surface area contributed by atoms with Gasteiger partial charge in [-0.25, -0.2) is 4.79 Å². The van der Waals surface area contributed by atoms with E-state index in [0.29, 0.717) is 5.57 Å². The summed E-state index contributed by atoms with van der Waals surface area (Å²) in [6, 6.07) is 0. The van der Waals surface area contributed by atoms with Crippen LogP contribution in [0.4, 0.5) is 0 Å². The van der Waals surface area contributed by atoms with Gasteiger partial charge < -0.3 is 4.74 Å². The van der Waals surface area contributed by atoms with Crippen molar-refractivity contribution >= 4 is 5.97 Å². The van der Waals surface area contributed by atoms with Crippen molar-refractivity contribution in [3.63, 3.8) is 0 Å². The van der Waals surface area contributed by atoms with Gasteiger partial charge in [0.05, 0.1) is 0 Å². The number of rotatable bonds is 2. The zero-order valence-electron chi connectivity index (χ0n) is 13.1. The number of fused-ring (bicyclic) bond motifs is 9. The zero-order chi connectivity index (χ0) is 14.4. The number of carbonyl (C=O) groups excluding carboxylic acids is 1. The standard InChI is InChI=1S/C18H30O2/c1-15(2)17(19)20-18-12-6-4-3-5-9-16(10-7-13-18)11-8-14-18/h16H,1,3-14H2,2H3. The average Bonchev–Trinajstić information content (AvgIpc) is 2.45. The fraction of sp³-hybridized carbons (Fsp3) is 0.833. The third-order valence-electron chi connectivity index (χ3n) is 5.14. The molecular weight excluding hydrogens is 248 g/mol. The fourth-order valence-corrected chi connectivity index (χ4v) is 3.90. The van der Waals surface area contributed by atoms with Gasteiger partial charge in [-0.15, -0.1) is 0 Å². The molecule has 3 saturated carbocycles. The number of hydrogen-bond donors (Lipinski definition) is 0. The Morgan fingerprint density at radius 3 is 2.15 bits per heavy atom. The molecule has 0 aromatic rings. The Kier molecular flexibility index (Phi) is 5.68. The van der Waals surface area contributed by atoms with Crippen LogP contribution in [0.15, 0.2) is 12.2 Å². The van der Waals surface area contributed by atoms with Crippen LogP contribution in [0, 0.1) is 5.92 Å². The third-order valence-corrected chi connectivity index (χ3v) is 5.14. The second-order valence-electron chi connectivity index (χ2n) is 6.96. The lowest BCUT2D eigenvalue weighted by Crippen LogP contribution is -2.36. The molecule has 2 nitrogen and oxygen atoms in total. The van der Waals surface area contributed by atoms with Gasteiger partial charge in [0.25, 0.3) is 0 Å². The summed E-state index contributed by atoms with van der Waals surface area (Å²) in [5, 5.41) is 0. The summed E-state index contributed by atoms with van der Waals surface area (Å²) in [5.41, 5.74) is 0.347. The second kappa shape index (κ2) is 7.28. The number of hydrogen-bond acceptors (Lipinski definition) is 2. The van der Waals surface area contributed by atoms with Gasteiger partial charge in [-0.3, -0.25) is 0 Å². The van der Waals surface area contributed by atoms with Crippen molar-refractivity contribution in [3.8, 4) is 0 Å². The smallest absolute Gasteiger partial charge is 0.333 e. The van der Waals surface area contributed by atoms with Gasteiger partial charge in [-0.1, -0.05) is 45.1 Å². The van der Waals surface area contributed by atoms with Gasteiger partial charge in [0.2, 0.25) is 0 Å². The van der Waals surface area contributed by atoms with Crippen LogP contribution in [0.25, 0.3) is 0 Å². The van der Waals surface area contributed by atoms with E-state index in [2.05, 4.69) is 6.58 Å². The van der Waals surface area contributed by atoms with Gasteiger partial charge in [-0.05, 0) is 51.4 Å². The molecule has 0 aromatic carbocycles. The molecule has 3 rings (SSSR count). The second-order valence-corrected chi connectivity index (χ2v) is 6.96. The molecule has 20 heavy (non-hydrogen) atoms. The van der Waals surface area contributed by atoms with E-state index >= 15 is 0 Å². The quantitative estimate of drug-likeness (QED) is 0.514. The van der Waals surface area contributed by atoms with E-state index in [1.54, 1.807) is 6.92 Å². The molecule has 0 aromatic heterocycles. The van der Waals surface area contributed by atoms with E-state index in [4.69, 9.17) is 4.74 Å². The van der Waals surface area contributed by atoms with Crippen molar-refractivity contribution in [2.24, 2.45) is 5.92 Å². The predicted octanol–water partition coefficient (Wildman–Crippen LogP) is 5.17. The van der Waals surface area contributed by atoms with Crippen molar-refractivity contribution < 1.29 is 9.53 Å². The zero-order valence-corrected chi connectivity index (χ0v) is 13.1. The highest BCUT2D eigenvalue weighted by molar-refractivity contribution is 5.87. The Labute approximate surface area is 124 Å². The molecule has 2 heteroatoms. The molecule has 2 bridgehead atoms. The van der Waals surface area contributed by atoms with E-state index < -0.39 is 0 Å². The maximum atomic E-state index is 12.0. The summed E-state index contributed by atoms with van der Waals surface area (Å²) in [6.07, 6.45) is 14.9. The first-order valence-corrected chi connectivity index (χ1v) is 8.50. The summed E-state index contributed by atoms with van der Waals surface area (Å²) >= 11 is 0. The van der Waals surface area contributed by atoms with Crippen molar-refractivity contribution in [1.29, 1.82) is 0 Å². The maximum absolute atomic E-state index is 12.0. The number of carbonyl (C=O) groups is 1. The summed E-state index contributed by atoms with van der Waals surface area (Å²) in [4.78, 5) is 12.0. The van der Waals surface area contributed by atoms with E-state index in [0.717, 1.165) is 25.2 Å². The molecule has 0 amide bonds. The first-order chi connectivity index (χ1) is 9.61. The van der Waals surface area contributed by atoms with Crippen LogP contribution < -0.4 is 0 Å². The molecule has 0 aliphatic heterocycles. The minimum Gasteiger partial charge on any atom is -0.456 e. The Balaban J connectivity index is 2.09. The first-order valence-electron chi connectivity index (χ1n) is 8.50. The van der Waals surface area contributed by atoms with E-state index in [-0.39, 0.29) is 11.6 Å². The molecule has 3 fully saturated rings. The minimum atomic E-state index is -0.189. The minimum absolute atomic E-state index is 0.183. The van der Waals surface area contributed by atoms with Crippen LogP contribution >= 0.6 is 0 Å². The summed E-state index contributed by atoms with van der Waals surface area (Å²) in [6.45, 7) is 5.49. The molecule has 3 aliphatic rings. The summed E-state index contributed by atoms with van der Waals surface area (Å²) in [7, 11) is 0. The molecule has 3 aliphatic carbocycles. The number of ether oxygens (including phenoxy) is 1. The van der Waals surface area contributed by atoms with Crippen molar-refractivity contribution in [2.75, 3.05) is 0 Å². The van der Waals surface area contributed by atoms with Gasteiger partial charge >= 0.3 is 5.97 Å². The predicted molar refractivity (Wildman–Crippen MR) is 82.5 cm³/mol. The van der Waals surface area contributed by atoms with Gasteiger partial charge in [-0.2, -0.15) is 0 Å². The molecule has 0 atom stereocenters. The van der Waals surface area contributed by atoms with Crippen LogP contribution in [0.3, 0.4) is 0 Å². The molecule has 0 saturated heterocycles. The van der Waals surface area contributed by atoms with E-state index in [1.807, 2.05) is 0 Å². The van der Waals surface area contributed by atoms with Gasteiger partial charge in [0, 0.05) is 5.57 Å². The van der Waals surface area contributed by atoms with E-state index in [9.17, 15) is 4.79 Å². The lowest BCUT2D eigenvalue weighted by atomic mass is 9.80. The Morgan fingerprint density at radius 1 is 0.950 bits per heavy atom. The molecule has 0 radical (unpaired) electrons. The van der Waals surface area contributed by atoms with Crippen molar-refractivity contribution in [1.82, 2.24) is 0 Å². The fourth-order valence-electron chi connectivity index (χ4n) is 3.90. The lowest BCUT2D eigenvalue weighted by Gasteiger charge is -2.36. The van der Waals surface area contributed by atoms with Crippen LogP contribution in [-0.2, 0) is 9.53 Å². The summed E-state index contributed by atoms with van der Waals surface area (Å²) < 4.78 is 5.94. The van der Waals surface area contributed by atoms with Crippen molar-refractivity contribution in [2.45, 2.75) is 89.6 Å². The topological polar surface area (TPSA) is 26.3 Å². The monoisotopic (exact) mass is 278 g/mol. The summed E-state index contributed by atoms with van der Waals surface area (Å²) in [5.74, 6) is 0.736. The number of esters is 1. The first kappa shape index (κ1) is 15.6. The SMILES string of the molecule is C=C(C)C(=O)OC12CCCCCCC(CCC1)CCC2. The van der Waals surface area contributed by atoms with Gasteiger partial charge in [0.1, 0.15) is 5.60 Å². The molecule has 0 heterocycles. The van der Waals surface area contributed by atoms with Crippen LogP contribution in [0.1, 0.15) is 84.0 Å². The highest BCUT2D eigenvalue weighted by atomic mass is 16.6. The Morgan fingerprint density at radius 2 is 1.50 bits per heavy atom. The van der Waals surface area contributed by atoms with Crippen LogP contribution in [-0.4, -0.2) is 11.6 Å². The van der Waals surface area contributed by atoms with Crippen LogP contribution in [0.2, 0.25) is 0 Å². The molecule has 114 valence electrons. The largest absolute Gasteiger partial charge is 0.456 e. The van der Waals surface area contributed by atoms with Crippen LogP contribution in [0.5, 0.6) is 0 Å². The highest BCUT2D eigenvalue weighted by Crippen LogP contribution is 2.38. The van der Waals surface area contributed by atoms with Crippen molar-refractivity contribution in [3.05, 3.63) is 12.2 Å². The average molecular weight is 278 g/mol. The lowest BCUT2D eigenvalue weighted by molar-refractivity contribution is -0.158. The molecule has 0 unspecified atom stereocenters. The highest BCUT2D eigenvalue weighted by Gasteiger charge is 2.35. The third kappa shape index (κ3) is 4.36. The molecule has 0 spiro atoms. The molecular formula is C18H30O2. The normalized spacial score (nSPS) is 31.9. The molecule has 0 N–H and O–H groups in total. The van der Waals surface area contributed by atoms with Gasteiger partial charge in [0.15, 0.2) is 0 Å². The van der Waals surface area contributed by atoms with E-state index in [1.165, 1.54) is 57.8 Å². The maximum Gasteiger partial charge on any atom is 0.333 e. The Bertz CT molecular complexity index is 330. The Hall–Kier alpha value is -0.790.